The number of benzene rings is 3. The van der Waals surface area contributed by atoms with Gasteiger partial charge in [-0.2, -0.15) is 0 Å². The quantitative estimate of drug-likeness (QED) is 0.241. The molecule has 3 aromatic rings. The smallest absolute Gasteiger partial charge is 0.508 e. The molecule has 9 heteroatoms. The van der Waals surface area contributed by atoms with E-state index in [4.69, 9.17) is 28.6 Å². The molecule has 0 aromatic heterocycles. The van der Waals surface area contributed by atoms with E-state index in [1.54, 1.807) is 72.8 Å². The van der Waals surface area contributed by atoms with Crippen LogP contribution < -0.4 is 0 Å². The van der Waals surface area contributed by atoms with Crippen LogP contribution in [0.25, 0.3) is 0 Å². The fourth-order valence-electron chi connectivity index (χ4n) is 2.51. The van der Waals surface area contributed by atoms with Crippen LogP contribution in [0.1, 0.15) is 62.3 Å². The van der Waals surface area contributed by atoms with E-state index in [9.17, 15) is 4.80 Å². The molecule has 0 fully saturated rings. The van der Waals surface area contributed by atoms with Crippen LogP contribution in [0.2, 0.25) is 0 Å². The van der Waals surface area contributed by atoms with E-state index >= 15 is 0 Å². The van der Waals surface area contributed by atoms with Crippen molar-refractivity contribution in [2.45, 2.75) is 79.1 Å². The summed E-state index contributed by atoms with van der Waals surface area (Å²) in [6.07, 6.45) is 0. The van der Waals surface area contributed by atoms with E-state index in [1.807, 2.05) is 80.5 Å². The van der Waals surface area contributed by atoms with E-state index in [2.05, 4.69) is 0 Å². The zero-order chi connectivity index (χ0) is 29.5. The summed E-state index contributed by atoms with van der Waals surface area (Å²) in [4.78, 5) is 10.5. The number of hydrogen-bond donors (Lipinski definition) is 4. The number of rotatable bonds is 3. The first-order valence-corrected chi connectivity index (χ1v) is 14.0. The second-order valence-electron chi connectivity index (χ2n) is 11.2. The Bertz CT molecular complexity index is 855. The van der Waals surface area contributed by atoms with Crippen molar-refractivity contribution in [1.82, 2.24) is 0 Å². The molecule has 3 aromatic carbocycles. The van der Waals surface area contributed by atoms with Gasteiger partial charge >= 0.3 is 9.05 Å². The van der Waals surface area contributed by atoms with Crippen LogP contribution >= 0.6 is 0 Å². The molecule has 39 heavy (non-hydrogen) atoms. The van der Waals surface area contributed by atoms with Gasteiger partial charge in [-0.05, 0) is 98.7 Å². The van der Waals surface area contributed by atoms with Gasteiger partial charge < -0.3 is 33.4 Å². The van der Waals surface area contributed by atoms with Crippen LogP contribution in [-0.4, -0.2) is 46.0 Å². The predicted octanol–water partition coefficient (Wildman–Crippen LogP) is 7.03. The topological polar surface area (TPSA) is 109 Å². The summed E-state index contributed by atoms with van der Waals surface area (Å²) < 4.78 is 16.9. The Hall–Kier alpha value is -2.17. The van der Waals surface area contributed by atoms with Gasteiger partial charge in [0.25, 0.3) is 0 Å². The standard InChI is InChI=1S/C12H28O4Si.3C6H6O.Ti/c1-10(2,3)14-17(13,15-11(4,5)6)16-12(7,8)9;3*7-6-4-2-1-3-5-6;/h13H,1-9H3;3*1-5,7H;. The van der Waals surface area contributed by atoms with Crippen LogP contribution in [-0.2, 0) is 35.0 Å². The molecule has 0 saturated carbocycles. The Kier molecular flexibility index (Phi) is 18.2. The largest absolute Gasteiger partial charge is 0.678 e. The van der Waals surface area contributed by atoms with Crippen molar-refractivity contribution in [3.8, 4) is 17.2 Å². The third-order valence-corrected chi connectivity index (χ3v) is 6.19. The van der Waals surface area contributed by atoms with Crippen molar-refractivity contribution >= 4 is 9.05 Å². The van der Waals surface area contributed by atoms with Crippen LogP contribution in [0.5, 0.6) is 17.2 Å². The molecule has 0 aliphatic rings. The molecule has 0 radical (unpaired) electrons. The molecular formula is C30H46O7SiTi. The first-order chi connectivity index (χ1) is 17.3. The summed E-state index contributed by atoms with van der Waals surface area (Å²) in [5.41, 5.74) is -1.55. The number of aromatic hydroxyl groups is 3. The van der Waals surface area contributed by atoms with Gasteiger partial charge in [0.2, 0.25) is 0 Å². The first-order valence-electron chi connectivity index (χ1n) is 12.4. The molecule has 0 saturated heterocycles. The molecule has 216 valence electrons. The molecule has 4 N–H and O–H groups in total. The average molecular weight is 595 g/mol. The number of phenolic OH excluding ortho intramolecular Hbond substituents is 3. The van der Waals surface area contributed by atoms with E-state index in [0.717, 1.165) is 0 Å². The minimum Gasteiger partial charge on any atom is -0.508 e. The van der Waals surface area contributed by atoms with Crippen LogP contribution in [0, 0.1) is 0 Å². The van der Waals surface area contributed by atoms with Gasteiger partial charge in [-0.25, -0.2) is 0 Å². The van der Waals surface area contributed by atoms with E-state index in [-0.39, 0.29) is 21.7 Å². The molecule has 7 nitrogen and oxygen atoms in total. The van der Waals surface area contributed by atoms with Gasteiger partial charge in [0, 0.05) is 21.7 Å². The van der Waals surface area contributed by atoms with Crippen molar-refractivity contribution < 1.29 is 55.1 Å². The normalized spacial score (nSPS) is 11.2. The molecule has 0 atom stereocenters. The maximum absolute atomic E-state index is 10.5. The zero-order valence-electron chi connectivity index (χ0n) is 24.7. The maximum Gasteiger partial charge on any atom is 0.678 e. The molecule has 3 rings (SSSR count). The Morgan fingerprint density at radius 1 is 0.436 bits per heavy atom. The maximum atomic E-state index is 10.5. The summed E-state index contributed by atoms with van der Waals surface area (Å²) >= 11 is 0. The zero-order valence-corrected chi connectivity index (χ0v) is 27.2. The van der Waals surface area contributed by atoms with Crippen molar-refractivity contribution in [1.29, 1.82) is 0 Å². The van der Waals surface area contributed by atoms with Gasteiger partial charge in [0.05, 0.1) is 16.8 Å². The second kappa shape index (κ2) is 18.2. The van der Waals surface area contributed by atoms with Crippen molar-refractivity contribution in [2.24, 2.45) is 0 Å². The average Bonchev–Trinajstić information content (AvgIpc) is 2.72. The Morgan fingerprint density at radius 3 is 0.718 bits per heavy atom. The molecule has 0 aliphatic heterocycles. The third-order valence-electron chi connectivity index (χ3n) is 3.57. The molecule has 0 amide bonds. The number of para-hydroxylation sites is 3. The Balaban J connectivity index is 0. The minimum absolute atomic E-state index is 0. The van der Waals surface area contributed by atoms with Gasteiger partial charge in [0.15, 0.2) is 0 Å². The number of hydrogen-bond acceptors (Lipinski definition) is 7. The van der Waals surface area contributed by atoms with E-state index in [1.165, 1.54) is 0 Å². The summed E-state index contributed by atoms with van der Waals surface area (Å²) in [5.74, 6) is 0.965. The first kappa shape index (κ1) is 39.0. The van der Waals surface area contributed by atoms with Gasteiger partial charge in [-0.15, -0.1) is 0 Å². The van der Waals surface area contributed by atoms with Crippen molar-refractivity contribution in [3.05, 3.63) is 91.0 Å². The van der Waals surface area contributed by atoms with Crippen LogP contribution in [0.15, 0.2) is 91.0 Å². The predicted molar refractivity (Wildman–Crippen MR) is 155 cm³/mol. The van der Waals surface area contributed by atoms with Gasteiger partial charge in [-0.1, -0.05) is 54.6 Å². The summed E-state index contributed by atoms with van der Waals surface area (Å²) in [5, 5.41) is 25.9. The van der Waals surface area contributed by atoms with Gasteiger partial charge in [0.1, 0.15) is 17.2 Å². The Morgan fingerprint density at radius 2 is 0.615 bits per heavy atom. The van der Waals surface area contributed by atoms with Crippen LogP contribution in [0.3, 0.4) is 0 Å². The Labute approximate surface area is 250 Å². The molecule has 0 spiro atoms. The summed E-state index contributed by atoms with van der Waals surface area (Å²) in [6.45, 7) is 16.8. The molecule has 0 bridgehead atoms. The fourth-order valence-corrected chi connectivity index (χ4v) is 4.95. The molecule has 0 heterocycles. The monoisotopic (exact) mass is 594 g/mol. The summed E-state index contributed by atoms with van der Waals surface area (Å²) in [6, 6.07) is 26.1. The number of phenols is 3. The molecule has 0 unspecified atom stereocenters. The van der Waals surface area contributed by atoms with Crippen molar-refractivity contribution in [2.75, 3.05) is 0 Å². The van der Waals surface area contributed by atoms with Gasteiger partial charge in [-0.3, -0.25) is 0 Å². The second-order valence-corrected chi connectivity index (χ2v) is 12.8. The third kappa shape index (κ3) is 25.8. The SMILES string of the molecule is CC(C)(C)O[Si](O)(OC(C)(C)C)OC(C)(C)C.Oc1ccccc1.Oc1ccccc1.Oc1ccccc1.[Ti]. The van der Waals surface area contributed by atoms with E-state index in [0.29, 0.717) is 17.2 Å². The summed E-state index contributed by atoms with van der Waals surface area (Å²) in [7, 11) is -3.66. The van der Waals surface area contributed by atoms with E-state index < -0.39 is 25.9 Å². The van der Waals surface area contributed by atoms with Crippen molar-refractivity contribution in [3.63, 3.8) is 0 Å². The van der Waals surface area contributed by atoms with Crippen LogP contribution in [0.4, 0.5) is 0 Å². The molecule has 0 aliphatic carbocycles. The molecular weight excluding hydrogens is 548 g/mol. The fraction of sp³-hybridized carbons (Fsp3) is 0.400. The minimum atomic E-state index is -3.66.